The van der Waals surface area contributed by atoms with Gasteiger partial charge in [-0.25, -0.2) is 9.78 Å². The predicted octanol–water partition coefficient (Wildman–Crippen LogP) is 3.09. The van der Waals surface area contributed by atoms with Crippen molar-refractivity contribution in [3.63, 3.8) is 0 Å². The highest BCUT2D eigenvalue weighted by atomic mass is 32.1. The van der Waals surface area contributed by atoms with E-state index < -0.39 is 0 Å². The molecule has 1 aliphatic carbocycles. The zero-order valence-electron chi connectivity index (χ0n) is 11.2. The van der Waals surface area contributed by atoms with Gasteiger partial charge in [-0.2, -0.15) is 0 Å². The van der Waals surface area contributed by atoms with E-state index in [1.807, 2.05) is 6.92 Å². The molecule has 0 radical (unpaired) electrons. The third-order valence-electron chi connectivity index (χ3n) is 3.73. The first-order valence-electron chi connectivity index (χ1n) is 6.41. The quantitative estimate of drug-likeness (QED) is 0.853. The van der Waals surface area contributed by atoms with Crippen molar-refractivity contribution in [3.05, 3.63) is 10.6 Å². The Morgan fingerprint density at radius 2 is 2.33 bits per heavy atom. The van der Waals surface area contributed by atoms with Crippen LogP contribution in [0.5, 0.6) is 0 Å². The summed E-state index contributed by atoms with van der Waals surface area (Å²) in [4.78, 5) is 16.7. The van der Waals surface area contributed by atoms with E-state index in [0.717, 1.165) is 28.4 Å². The topological polar surface area (TPSA) is 51.2 Å². The minimum atomic E-state index is -0.356. The van der Waals surface area contributed by atoms with Crippen LogP contribution in [-0.4, -0.2) is 24.6 Å². The molecule has 1 aromatic heterocycles. The summed E-state index contributed by atoms with van der Waals surface area (Å²) in [6.45, 7) is 5.16. The summed E-state index contributed by atoms with van der Waals surface area (Å²) in [5, 5.41) is 4.18. The van der Waals surface area contributed by atoms with E-state index in [-0.39, 0.29) is 5.97 Å². The van der Waals surface area contributed by atoms with Gasteiger partial charge in [0.25, 0.3) is 0 Å². The third kappa shape index (κ3) is 2.83. The molecule has 100 valence electrons. The number of carbonyl (C=O) groups excluding carboxylic acids is 1. The molecule has 18 heavy (non-hydrogen) atoms. The highest BCUT2D eigenvalue weighted by Crippen LogP contribution is 2.32. The first-order valence-corrected chi connectivity index (χ1v) is 7.23. The van der Waals surface area contributed by atoms with Gasteiger partial charge in [-0.05, 0) is 25.2 Å². The van der Waals surface area contributed by atoms with Gasteiger partial charge in [-0.3, -0.25) is 0 Å². The van der Waals surface area contributed by atoms with Crippen molar-refractivity contribution in [2.45, 2.75) is 33.1 Å². The Morgan fingerprint density at radius 1 is 1.56 bits per heavy atom. The maximum absolute atomic E-state index is 11.5. The lowest BCUT2D eigenvalue weighted by atomic mass is 9.98. The molecule has 0 aromatic carbocycles. The number of hydrogen-bond acceptors (Lipinski definition) is 5. The van der Waals surface area contributed by atoms with Gasteiger partial charge < -0.3 is 10.1 Å². The van der Waals surface area contributed by atoms with E-state index in [1.165, 1.54) is 37.7 Å². The molecule has 2 atom stereocenters. The largest absolute Gasteiger partial charge is 0.464 e. The molecule has 5 heteroatoms. The summed E-state index contributed by atoms with van der Waals surface area (Å²) in [6.07, 6.45) is 3.96. The molecule has 0 saturated heterocycles. The molecule has 0 spiro atoms. The maximum Gasteiger partial charge on any atom is 0.357 e. The van der Waals surface area contributed by atoms with Crippen LogP contribution in [0.15, 0.2) is 0 Å². The Kier molecular flexibility index (Phi) is 4.22. The van der Waals surface area contributed by atoms with Gasteiger partial charge in [-0.1, -0.05) is 19.8 Å². The van der Waals surface area contributed by atoms with Gasteiger partial charge in [0.05, 0.1) is 7.11 Å². The van der Waals surface area contributed by atoms with Crippen molar-refractivity contribution in [2.24, 2.45) is 11.8 Å². The molecule has 1 saturated carbocycles. The molecule has 1 fully saturated rings. The van der Waals surface area contributed by atoms with Crippen LogP contribution in [0.4, 0.5) is 5.13 Å². The van der Waals surface area contributed by atoms with Crippen LogP contribution in [-0.2, 0) is 4.74 Å². The zero-order chi connectivity index (χ0) is 13.1. The van der Waals surface area contributed by atoms with Crippen molar-refractivity contribution < 1.29 is 9.53 Å². The lowest BCUT2D eigenvalue weighted by Crippen LogP contribution is -2.16. The Morgan fingerprint density at radius 3 is 2.94 bits per heavy atom. The average molecular weight is 268 g/mol. The van der Waals surface area contributed by atoms with Gasteiger partial charge >= 0.3 is 5.97 Å². The number of anilines is 1. The second-order valence-electron chi connectivity index (χ2n) is 4.96. The molecule has 1 heterocycles. The molecule has 0 amide bonds. The number of carbonyl (C=O) groups is 1. The van der Waals surface area contributed by atoms with Crippen LogP contribution in [0, 0.1) is 18.8 Å². The normalized spacial score (nSPS) is 23.1. The summed E-state index contributed by atoms with van der Waals surface area (Å²) >= 11 is 1.52. The van der Waals surface area contributed by atoms with E-state index in [1.54, 1.807) is 0 Å². The summed E-state index contributed by atoms with van der Waals surface area (Å²) < 4.78 is 4.70. The van der Waals surface area contributed by atoms with E-state index in [4.69, 9.17) is 4.74 Å². The molecule has 2 rings (SSSR count). The van der Waals surface area contributed by atoms with Crippen LogP contribution in [0.3, 0.4) is 0 Å². The molecule has 4 nitrogen and oxygen atoms in total. The number of esters is 1. The smallest absolute Gasteiger partial charge is 0.357 e. The lowest BCUT2D eigenvalue weighted by Gasteiger charge is -2.15. The summed E-state index contributed by atoms with van der Waals surface area (Å²) in [5.41, 5.74) is 0.435. The van der Waals surface area contributed by atoms with E-state index >= 15 is 0 Å². The second kappa shape index (κ2) is 5.69. The van der Waals surface area contributed by atoms with Crippen LogP contribution in [0.1, 0.15) is 41.6 Å². The number of thiazole rings is 1. The van der Waals surface area contributed by atoms with Gasteiger partial charge in [-0.15, -0.1) is 11.3 Å². The van der Waals surface area contributed by atoms with E-state index in [0.29, 0.717) is 5.69 Å². The number of aromatic nitrogens is 1. The molecule has 2 unspecified atom stereocenters. The van der Waals surface area contributed by atoms with Crippen LogP contribution >= 0.6 is 11.3 Å². The molecule has 0 aliphatic heterocycles. The van der Waals surface area contributed by atoms with Gasteiger partial charge in [0.2, 0.25) is 0 Å². The van der Waals surface area contributed by atoms with Crippen LogP contribution in [0.25, 0.3) is 0 Å². The van der Waals surface area contributed by atoms with Crippen LogP contribution in [0.2, 0.25) is 0 Å². The monoisotopic (exact) mass is 268 g/mol. The highest BCUT2D eigenvalue weighted by Gasteiger charge is 2.23. The Bertz CT molecular complexity index is 431. The zero-order valence-corrected chi connectivity index (χ0v) is 12.0. The Labute approximate surface area is 112 Å². The number of nitrogens with one attached hydrogen (secondary N) is 1. The molecular formula is C13H20N2O2S. The number of nitrogens with zero attached hydrogens (tertiary/aromatic N) is 1. The predicted molar refractivity (Wildman–Crippen MR) is 73.2 cm³/mol. The van der Waals surface area contributed by atoms with Crippen molar-refractivity contribution >= 4 is 22.4 Å². The van der Waals surface area contributed by atoms with Gasteiger partial charge in [0.1, 0.15) is 0 Å². The molecular weight excluding hydrogens is 248 g/mol. The van der Waals surface area contributed by atoms with Crippen LogP contribution < -0.4 is 5.32 Å². The number of hydrogen-bond donors (Lipinski definition) is 1. The van der Waals surface area contributed by atoms with E-state index in [2.05, 4.69) is 17.2 Å². The molecule has 1 N–H and O–H groups in total. The lowest BCUT2D eigenvalue weighted by molar-refractivity contribution is 0.0594. The first-order chi connectivity index (χ1) is 8.61. The molecule has 1 aromatic rings. The van der Waals surface area contributed by atoms with Gasteiger partial charge in [0, 0.05) is 11.4 Å². The number of methoxy groups -OCH3 is 1. The average Bonchev–Trinajstić information content (AvgIpc) is 2.92. The molecule has 1 aliphatic rings. The summed E-state index contributed by atoms with van der Waals surface area (Å²) in [6, 6.07) is 0. The Balaban J connectivity index is 1.95. The fraction of sp³-hybridized carbons (Fsp3) is 0.692. The maximum atomic E-state index is 11.5. The van der Waals surface area contributed by atoms with Gasteiger partial charge in [0.15, 0.2) is 10.8 Å². The third-order valence-corrected chi connectivity index (χ3v) is 4.66. The summed E-state index contributed by atoms with van der Waals surface area (Å²) in [7, 11) is 1.38. The minimum Gasteiger partial charge on any atom is -0.464 e. The number of ether oxygens (including phenoxy) is 1. The molecule has 0 bridgehead atoms. The van der Waals surface area contributed by atoms with Crippen molar-refractivity contribution in [3.8, 4) is 0 Å². The van der Waals surface area contributed by atoms with Crippen molar-refractivity contribution in [2.75, 3.05) is 19.0 Å². The van der Waals surface area contributed by atoms with E-state index in [9.17, 15) is 4.79 Å². The first kappa shape index (κ1) is 13.3. The second-order valence-corrected chi connectivity index (χ2v) is 6.17. The minimum absolute atomic E-state index is 0.356. The number of aryl methyl sites for hydroxylation is 1. The highest BCUT2D eigenvalue weighted by molar-refractivity contribution is 7.15. The Hall–Kier alpha value is -1.10. The van der Waals surface area contributed by atoms with Crippen molar-refractivity contribution in [1.29, 1.82) is 0 Å². The van der Waals surface area contributed by atoms with Crippen molar-refractivity contribution in [1.82, 2.24) is 4.98 Å². The SMILES string of the molecule is COC(=O)c1nc(NCC2CCCC2C)sc1C. The fourth-order valence-electron chi connectivity index (χ4n) is 2.50. The fourth-order valence-corrected chi connectivity index (χ4v) is 3.31. The number of rotatable bonds is 4. The standard InChI is InChI=1S/C13H20N2O2S/c1-8-5-4-6-10(8)7-14-13-15-11(9(2)18-13)12(16)17-3/h8,10H,4-7H2,1-3H3,(H,14,15). The summed E-state index contributed by atoms with van der Waals surface area (Å²) in [5.74, 6) is 1.17.